The lowest BCUT2D eigenvalue weighted by atomic mass is 9.90. The van der Waals surface area contributed by atoms with Crippen LogP contribution >= 0.6 is 0 Å². The van der Waals surface area contributed by atoms with Gasteiger partial charge in [0.05, 0.1) is 7.11 Å². The molecule has 0 bridgehead atoms. The third kappa shape index (κ3) is 2.38. The lowest BCUT2D eigenvalue weighted by Crippen LogP contribution is -2.28. The largest absolute Gasteiger partial charge is 0.496 e. The summed E-state index contributed by atoms with van der Waals surface area (Å²) in [5.74, 6) is 1.71. The van der Waals surface area contributed by atoms with E-state index in [1.807, 2.05) is 0 Å². The van der Waals surface area contributed by atoms with Gasteiger partial charge in [0.15, 0.2) is 0 Å². The fourth-order valence-electron chi connectivity index (χ4n) is 2.47. The van der Waals surface area contributed by atoms with Crippen LogP contribution in [-0.4, -0.2) is 20.2 Å². The number of hydrogen-bond acceptors (Lipinski definition) is 2. The molecule has 0 saturated carbocycles. The van der Waals surface area contributed by atoms with E-state index < -0.39 is 0 Å². The van der Waals surface area contributed by atoms with Crippen LogP contribution in [0.15, 0.2) is 18.2 Å². The van der Waals surface area contributed by atoms with Crippen LogP contribution in [0.3, 0.4) is 0 Å². The van der Waals surface area contributed by atoms with Gasteiger partial charge in [0.25, 0.3) is 0 Å². The smallest absolute Gasteiger partial charge is 0.122 e. The molecular weight excluding hydrogens is 198 g/mol. The Labute approximate surface area is 98.0 Å². The van der Waals surface area contributed by atoms with Crippen molar-refractivity contribution < 1.29 is 4.74 Å². The summed E-state index contributed by atoms with van der Waals surface area (Å²) in [7, 11) is 1.75. The van der Waals surface area contributed by atoms with Crippen LogP contribution < -0.4 is 10.1 Å². The van der Waals surface area contributed by atoms with Crippen molar-refractivity contribution >= 4 is 0 Å². The molecule has 1 N–H and O–H groups in total. The van der Waals surface area contributed by atoms with Crippen LogP contribution in [-0.2, 0) is 6.42 Å². The molecule has 1 unspecified atom stereocenters. The summed E-state index contributed by atoms with van der Waals surface area (Å²) in [5, 5.41) is 3.47. The summed E-state index contributed by atoms with van der Waals surface area (Å²) in [5.41, 5.74) is 2.79. The quantitative estimate of drug-likeness (QED) is 0.844. The second-order valence-electron chi connectivity index (χ2n) is 4.47. The molecule has 1 aromatic carbocycles. The zero-order valence-electron chi connectivity index (χ0n) is 10.3. The first-order chi connectivity index (χ1) is 7.85. The summed E-state index contributed by atoms with van der Waals surface area (Å²) in [6.07, 6.45) is 3.64. The van der Waals surface area contributed by atoms with Gasteiger partial charge < -0.3 is 10.1 Å². The lowest BCUT2D eigenvalue weighted by molar-refractivity contribution is 0.409. The Morgan fingerprint density at radius 2 is 2.31 bits per heavy atom. The first-order valence-corrected chi connectivity index (χ1v) is 6.22. The van der Waals surface area contributed by atoms with E-state index in [-0.39, 0.29) is 0 Å². The molecule has 0 amide bonds. The van der Waals surface area contributed by atoms with Gasteiger partial charge in [-0.3, -0.25) is 0 Å². The van der Waals surface area contributed by atoms with E-state index in [9.17, 15) is 0 Å². The van der Waals surface area contributed by atoms with E-state index in [2.05, 4.69) is 30.4 Å². The van der Waals surface area contributed by atoms with Crippen LogP contribution in [0.1, 0.15) is 36.8 Å². The van der Waals surface area contributed by atoms with E-state index in [4.69, 9.17) is 4.74 Å². The number of methoxy groups -OCH3 is 1. The summed E-state index contributed by atoms with van der Waals surface area (Å²) in [6, 6.07) is 6.65. The molecular formula is C14H21NO. The van der Waals surface area contributed by atoms with Crippen LogP contribution in [0.2, 0.25) is 0 Å². The fourth-order valence-corrected chi connectivity index (χ4v) is 2.47. The standard InChI is InChI=1S/C14H21NO/c1-3-11-9-12(6-7-14(11)16-2)13-5-4-8-15-10-13/h6-7,9,13,15H,3-5,8,10H2,1-2H3. The Kier molecular flexibility index (Phi) is 3.83. The average Bonchev–Trinajstić information content (AvgIpc) is 2.39. The predicted molar refractivity (Wildman–Crippen MR) is 67.2 cm³/mol. The number of piperidine rings is 1. The molecule has 2 rings (SSSR count). The van der Waals surface area contributed by atoms with Gasteiger partial charge in [0.2, 0.25) is 0 Å². The van der Waals surface area contributed by atoms with Crippen molar-refractivity contribution in [3.05, 3.63) is 29.3 Å². The average molecular weight is 219 g/mol. The molecule has 16 heavy (non-hydrogen) atoms. The summed E-state index contributed by atoms with van der Waals surface area (Å²) < 4.78 is 5.36. The van der Waals surface area contributed by atoms with E-state index in [1.54, 1.807) is 7.11 Å². The Morgan fingerprint density at radius 1 is 1.44 bits per heavy atom. The second kappa shape index (κ2) is 5.35. The highest BCUT2D eigenvalue weighted by Crippen LogP contribution is 2.28. The minimum Gasteiger partial charge on any atom is -0.496 e. The summed E-state index contributed by atoms with van der Waals surface area (Å²) in [4.78, 5) is 0. The molecule has 2 heteroatoms. The zero-order valence-corrected chi connectivity index (χ0v) is 10.3. The van der Waals surface area contributed by atoms with Crippen molar-refractivity contribution in [1.29, 1.82) is 0 Å². The molecule has 1 aromatic rings. The van der Waals surface area contributed by atoms with Crippen molar-refractivity contribution in [3.63, 3.8) is 0 Å². The van der Waals surface area contributed by atoms with Gasteiger partial charge in [-0.15, -0.1) is 0 Å². The Balaban J connectivity index is 2.20. The number of rotatable bonds is 3. The first kappa shape index (κ1) is 11.5. The summed E-state index contributed by atoms with van der Waals surface area (Å²) >= 11 is 0. The monoisotopic (exact) mass is 219 g/mol. The van der Waals surface area contributed by atoms with Crippen LogP contribution in [0.4, 0.5) is 0 Å². The zero-order chi connectivity index (χ0) is 11.4. The number of aryl methyl sites for hydroxylation is 1. The lowest BCUT2D eigenvalue weighted by Gasteiger charge is -2.24. The topological polar surface area (TPSA) is 21.3 Å². The molecule has 1 aliphatic heterocycles. The van der Waals surface area contributed by atoms with E-state index in [1.165, 1.54) is 30.5 Å². The fraction of sp³-hybridized carbons (Fsp3) is 0.571. The van der Waals surface area contributed by atoms with Crippen LogP contribution in [0.5, 0.6) is 5.75 Å². The van der Waals surface area contributed by atoms with Gasteiger partial charge in [-0.05, 0) is 48.9 Å². The molecule has 1 aliphatic rings. The van der Waals surface area contributed by atoms with E-state index >= 15 is 0 Å². The van der Waals surface area contributed by atoms with Crippen molar-refractivity contribution in [2.45, 2.75) is 32.1 Å². The Bertz CT molecular complexity index is 343. The predicted octanol–water partition coefficient (Wildman–Crippen LogP) is 2.72. The number of benzene rings is 1. The highest BCUT2D eigenvalue weighted by Gasteiger charge is 2.16. The maximum Gasteiger partial charge on any atom is 0.122 e. The van der Waals surface area contributed by atoms with Crippen molar-refractivity contribution in [2.75, 3.05) is 20.2 Å². The molecule has 88 valence electrons. The Hall–Kier alpha value is -1.02. The normalized spacial score (nSPS) is 20.8. The molecule has 1 saturated heterocycles. The van der Waals surface area contributed by atoms with Gasteiger partial charge in [-0.25, -0.2) is 0 Å². The highest BCUT2D eigenvalue weighted by molar-refractivity contribution is 5.38. The van der Waals surface area contributed by atoms with Gasteiger partial charge in [0, 0.05) is 6.54 Å². The molecule has 1 atom stereocenters. The molecule has 0 radical (unpaired) electrons. The van der Waals surface area contributed by atoms with Crippen molar-refractivity contribution in [2.24, 2.45) is 0 Å². The van der Waals surface area contributed by atoms with Crippen LogP contribution in [0.25, 0.3) is 0 Å². The van der Waals surface area contributed by atoms with Gasteiger partial charge >= 0.3 is 0 Å². The number of hydrogen-bond donors (Lipinski definition) is 1. The molecule has 0 spiro atoms. The summed E-state index contributed by atoms with van der Waals surface area (Å²) in [6.45, 7) is 4.48. The maximum atomic E-state index is 5.36. The molecule has 0 aromatic heterocycles. The highest BCUT2D eigenvalue weighted by atomic mass is 16.5. The number of nitrogens with one attached hydrogen (secondary N) is 1. The Morgan fingerprint density at radius 3 is 2.94 bits per heavy atom. The second-order valence-corrected chi connectivity index (χ2v) is 4.47. The first-order valence-electron chi connectivity index (χ1n) is 6.22. The maximum absolute atomic E-state index is 5.36. The minimum absolute atomic E-state index is 0.685. The third-order valence-corrected chi connectivity index (χ3v) is 3.45. The third-order valence-electron chi connectivity index (χ3n) is 3.45. The molecule has 1 fully saturated rings. The van der Waals surface area contributed by atoms with E-state index in [0.717, 1.165) is 18.7 Å². The van der Waals surface area contributed by atoms with Crippen molar-refractivity contribution in [3.8, 4) is 5.75 Å². The van der Waals surface area contributed by atoms with Gasteiger partial charge in [-0.1, -0.05) is 19.1 Å². The SMILES string of the molecule is CCc1cc(C2CCCNC2)ccc1OC. The molecule has 1 heterocycles. The molecule has 2 nitrogen and oxygen atoms in total. The van der Waals surface area contributed by atoms with Gasteiger partial charge in [-0.2, -0.15) is 0 Å². The van der Waals surface area contributed by atoms with Gasteiger partial charge in [0.1, 0.15) is 5.75 Å². The number of ether oxygens (including phenoxy) is 1. The molecule has 0 aliphatic carbocycles. The van der Waals surface area contributed by atoms with E-state index in [0.29, 0.717) is 5.92 Å². The van der Waals surface area contributed by atoms with Crippen LogP contribution in [0, 0.1) is 0 Å². The minimum atomic E-state index is 0.685. The van der Waals surface area contributed by atoms with Crippen molar-refractivity contribution in [1.82, 2.24) is 5.32 Å².